The third-order valence-electron chi connectivity index (χ3n) is 3.23. The lowest BCUT2D eigenvalue weighted by molar-refractivity contribution is 0.217. The highest BCUT2D eigenvalue weighted by Crippen LogP contribution is 2.42. The van der Waals surface area contributed by atoms with Crippen LogP contribution in [0.15, 0.2) is 18.6 Å². The van der Waals surface area contributed by atoms with Gasteiger partial charge in [-0.25, -0.2) is 9.97 Å². The molecule has 1 heterocycles. The Hall–Kier alpha value is -0.920. The molecule has 0 N–H and O–H groups in total. The number of rotatable bonds is 1. The van der Waals surface area contributed by atoms with Crippen LogP contribution >= 0.6 is 0 Å². The van der Waals surface area contributed by atoms with E-state index in [0.29, 0.717) is 11.3 Å². The summed E-state index contributed by atoms with van der Waals surface area (Å²) in [7, 11) is 0. The van der Waals surface area contributed by atoms with Gasteiger partial charge in [0.2, 0.25) is 0 Å². The lowest BCUT2D eigenvalue weighted by atomic mass is 9.71. The minimum absolute atomic E-state index is 0.494. The maximum absolute atomic E-state index is 4.36. The first kappa shape index (κ1) is 9.63. The van der Waals surface area contributed by atoms with Gasteiger partial charge in [0, 0.05) is 17.8 Å². The van der Waals surface area contributed by atoms with Gasteiger partial charge in [-0.3, -0.25) is 0 Å². The van der Waals surface area contributed by atoms with Crippen LogP contribution in [0.1, 0.15) is 51.1 Å². The van der Waals surface area contributed by atoms with Crippen molar-refractivity contribution in [3.05, 3.63) is 24.3 Å². The summed E-state index contributed by atoms with van der Waals surface area (Å²) in [5.74, 6) is 0.654. The molecular weight excluding hydrogens is 172 g/mol. The zero-order chi connectivity index (χ0) is 10.0. The highest BCUT2D eigenvalue weighted by Gasteiger charge is 2.29. The molecule has 0 saturated heterocycles. The Morgan fingerprint density at radius 3 is 2.93 bits per heavy atom. The van der Waals surface area contributed by atoms with Crippen molar-refractivity contribution in [1.82, 2.24) is 9.97 Å². The molecule has 0 bridgehead atoms. The van der Waals surface area contributed by atoms with Crippen molar-refractivity contribution >= 4 is 0 Å². The maximum atomic E-state index is 4.36. The minimum atomic E-state index is 0.494. The van der Waals surface area contributed by atoms with Crippen molar-refractivity contribution in [2.24, 2.45) is 5.41 Å². The van der Waals surface area contributed by atoms with Gasteiger partial charge in [-0.05, 0) is 30.7 Å². The molecule has 1 saturated carbocycles. The van der Waals surface area contributed by atoms with E-state index in [1.807, 2.05) is 6.20 Å². The van der Waals surface area contributed by atoms with Crippen LogP contribution in [0.25, 0.3) is 0 Å². The molecule has 0 aromatic carbocycles. The third-order valence-corrected chi connectivity index (χ3v) is 3.23. The van der Waals surface area contributed by atoms with E-state index in [1.165, 1.54) is 31.4 Å². The van der Waals surface area contributed by atoms with Crippen LogP contribution in [0.4, 0.5) is 0 Å². The molecule has 1 aromatic heterocycles. The van der Waals surface area contributed by atoms with Gasteiger partial charge in [0.1, 0.15) is 6.33 Å². The first-order valence-corrected chi connectivity index (χ1v) is 5.43. The molecule has 2 heteroatoms. The molecule has 0 radical (unpaired) electrons. The summed E-state index contributed by atoms with van der Waals surface area (Å²) in [5, 5.41) is 0. The van der Waals surface area contributed by atoms with Crippen LogP contribution in [-0.4, -0.2) is 9.97 Å². The van der Waals surface area contributed by atoms with Gasteiger partial charge in [0.05, 0.1) is 0 Å². The normalized spacial score (nSPS) is 26.0. The van der Waals surface area contributed by atoms with E-state index in [4.69, 9.17) is 0 Å². The lowest BCUT2D eigenvalue weighted by Crippen LogP contribution is -2.21. The molecule has 1 atom stereocenters. The number of hydrogen-bond donors (Lipinski definition) is 0. The Balaban J connectivity index is 2.12. The zero-order valence-corrected chi connectivity index (χ0v) is 9.03. The summed E-state index contributed by atoms with van der Waals surface area (Å²) < 4.78 is 0. The Bertz CT molecular complexity index is 292. The first-order valence-electron chi connectivity index (χ1n) is 5.43. The fourth-order valence-corrected chi connectivity index (χ4v) is 2.49. The predicted molar refractivity (Wildman–Crippen MR) is 57.0 cm³/mol. The topological polar surface area (TPSA) is 25.8 Å². The van der Waals surface area contributed by atoms with E-state index >= 15 is 0 Å². The van der Waals surface area contributed by atoms with Gasteiger partial charge >= 0.3 is 0 Å². The fourth-order valence-electron chi connectivity index (χ4n) is 2.49. The van der Waals surface area contributed by atoms with E-state index in [-0.39, 0.29) is 0 Å². The molecule has 2 rings (SSSR count). The number of hydrogen-bond acceptors (Lipinski definition) is 2. The highest BCUT2D eigenvalue weighted by atomic mass is 14.8. The maximum Gasteiger partial charge on any atom is 0.115 e. The van der Waals surface area contributed by atoms with E-state index in [9.17, 15) is 0 Å². The molecule has 1 unspecified atom stereocenters. The summed E-state index contributed by atoms with van der Waals surface area (Å²) in [6.07, 6.45) is 8.77. The molecule has 2 nitrogen and oxygen atoms in total. The van der Waals surface area contributed by atoms with Gasteiger partial charge in [-0.2, -0.15) is 0 Å². The standard InChI is InChI=1S/C12H18N2/c1-12(2)6-3-4-10(8-12)11-5-7-13-9-14-11/h5,7,9-10H,3-4,6,8H2,1-2H3. The van der Waals surface area contributed by atoms with Crippen LogP contribution in [0.2, 0.25) is 0 Å². The van der Waals surface area contributed by atoms with Crippen molar-refractivity contribution in [3.63, 3.8) is 0 Å². The second-order valence-electron chi connectivity index (χ2n) is 5.09. The Morgan fingerprint density at radius 2 is 2.29 bits per heavy atom. The van der Waals surface area contributed by atoms with Gasteiger partial charge in [-0.1, -0.05) is 20.3 Å². The van der Waals surface area contributed by atoms with Crippen molar-refractivity contribution in [1.29, 1.82) is 0 Å². The van der Waals surface area contributed by atoms with Gasteiger partial charge in [0.15, 0.2) is 0 Å². The van der Waals surface area contributed by atoms with Crippen molar-refractivity contribution in [3.8, 4) is 0 Å². The lowest BCUT2D eigenvalue weighted by Gasteiger charge is -2.34. The third kappa shape index (κ3) is 2.11. The Labute approximate surface area is 85.8 Å². The highest BCUT2D eigenvalue weighted by molar-refractivity contribution is 5.07. The molecular formula is C12H18N2. The van der Waals surface area contributed by atoms with Crippen LogP contribution in [0.3, 0.4) is 0 Å². The number of aromatic nitrogens is 2. The summed E-state index contributed by atoms with van der Waals surface area (Å²) in [6.45, 7) is 4.72. The molecule has 76 valence electrons. The first-order chi connectivity index (χ1) is 6.67. The van der Waals surface area contributed by atoms with Crippen LogP contribution in [-0.2, 0) is 0 Å². The van der Waals surface area contributed by atoms with E-state index in [1.54, 1.807) is 6.33 Å². The summed E-state index contributed by atoms with van der Waals surface area (Å²) in [5.41, 5.74) is 1.72. The summed E-state index contributed by atoms with van der Waals surface area (Å²) in [4.78, 5) is 8.32. The quantitative estimate of drug-likeness (QED) is 0.679. The van der Waals surface area contributed by atoms with Crippen molar-refractivity contribution < 1.29 is 0 Å². The Morgan fingerprint density at radius 1 is 1.43 bits per heavy atom. The van der Waals surface area contributed by atoms with Crippen LogP contribution in [0.5, 0.6) is 0 Å². The van der Waals surface area contributed by atoms with Crippen molar-refractivity contribution in [2.45, 2.75) is 45.4 Å². The zero-order valence-electron chi connectivity index (χ0n) is 9.03. The average Bonchev–Trinajstić information content (AvgIpc) is 2.18. The van der Waals surface area contributed by atoms with E-state index in [2.05, 4.69) is 29.9 Å². The van der Waals surface area contributed by atoms with E-state index < -0.39 is 0 Å². The summed E-state index contributed by atoms with van der Waals surface area (Å²) in [6, 6.07) is 2.06. The van der Waals surface area contributed by atoms with E-state index in [0.717, 1.165) is 0 Å². The molecule has 0 spiro atoms. The van der Waals surface area contributed by atoms with Gasteiger partial charge < -0.3 is 0 Å². The van der Waals surface area contributed by atoms with Gasteiger partial charge in [0.25, 0.3) is 0 Å². The molecule has 1 aliphatic rings. The largest absolute Gasteiger partial charge is 0.245 e. The fraction of sp³-hybridized carbons (Fsp3) is 0.667. The second-order valence-corrected chi connectivity index (χ2v) is 5.09. The SMILES string of the molecule is CC1(C)CCCC(c2ccncn2)C1. The summed E-state index contributed by atoms with van der Waals surface area (Å²) >= 11 is 0. The molecule has 1 aliphatic carbocycles. The van der Waals surface area contributed by atoms with Crippen LogP contribution in [0, 0.1) is 5.41 Å². The smallest absolute Gasteiger partial charge is 0.115 e. The molecule has 0 amide bonds. The molecule has 14 heavy (non-hydrogen) atoms. The molecule has 1 fully saturated rings. The van der Waals surface area contributed by atoms with Gasteiger partial charge in [-0.15, -0.1) is 0 Å². The molecule has 1 aromatic rings. The second kappa shape index (κ2) is 3.68. The Kier molecular flexibility index (Phi) is 2.53. The molecule has 0 aliphatic heterocycles. The predicted octanol–water partition coefficient (Wildman–Crippen LogP) is 3.16. The van der Waals surface area contributed by atoms with Crippen LogP contribution < -0.4 is 0 Å². The minimum Gasteiger partial charge on any atom is -0.245 e. The number of nitrogens with zero attached hydrogens (tertiary/aromatic N) is 2. The average molecular weight is 190 g/mol. The monoisotopic (exact) mass is 190 g/mol. The van der Waals surface area contributed by atoms with Crippen molar-refractivity contribution in [2.75, 3.05) is 0 Å².